The third-order valence-corrected chi connectivity index (χ3v) is 5.93. The van der Waals surface area contributed by atoms with Gasteiger partial charge in [-0.15, -0.1) is 23.7 Å². The van der Waals surface area contributed by atoms with Crippen molar-refractivity contribution in [3.05, 3.63) is 26.6 Å². The lowest BCUT2D eigenvalue weighted by Gasteiger charge is -2.31. The molecule has 0 unspecified atom stereocenters. The summed E-state index contributed by atoms with van der Waals surface area (Å²) in [6.45, 7) is 8.37. The molecule has 2 aromatic heterocycles. The van der Waals surface area contributed by atoms with Crippen molar-refractivity contribution in [1.29, 1.82) is 0 Å². The number of aryl methyl sites for hydroxylation is 3. The second kappa shape index (κ2) is 8.78. The molecule has 0 aliphatic carbocycles. The van der Waals surface area contributed by atoms with Crippen molar-refractivity contribution < 1.29 is 4.79 Å². The number of H-pyrrole nitrogens is 1. The van der Waals surface area contributed by atoms with E-state index in [9.17, 15) is 9.59 Å². The first-order valence-corrected chi connectivity index (χ1v) is 9.17. The molecule has 0 saturated heterocycles. The zero-order chi connectivity index (χ0) is 17.9. The van der Waals surface area contributed by atoms with E-state index in [1.165, 1.54) is 11.3 Å². The van der Waals surface area contributed by atoms with Crippen molar-refractivity contribution in [1.82, 2.24) is 15.3 Å². The molecular formula is C17H27ClN4O2S. The molecule has 1 amide bonds. The van der Waals surface area contributed by atoms with Gasteiger partial charge in [-0.2, -0.15) is 0 Å². The number of carbonyl (C=O) groups excluding carboxylic acids is 1. The lowest BCUT2D eigenvalue weighted by molar-refractivity contribution is -0.123. The summed E-state index contributed by atoms with van der Waals surface area (Å²) in [7, 11) is 0. The van der Waals surface area contributed by atoms with Crippen LogP contribution in [-0.4, -0.2) is 28.0 Å². The number of nitrogens with two attached hydrogens (primary N) is 1. The van der Waals surface area contributed by atoms with Crippen LogP contribution in [-0.2, 0) is 11.2 Å². The summed E-state index contributed by atoms with van der Waals surface area (Å²) in [5, 5.41) is 3.69. The van der Waals surface area contributed by atoms with Crippen LogP contribution in [0.15, 0.2) is 4.79 Å². The summed E-state index contributed by atoms with van der Waals surface area (Å²) in [6, 6.07) is 0. The van der Waals surface area contributed by atoms with Crippen LogP contribution in [0.3, 0.4) is 0 Å². The summed E-state index contributed by atoms with van der Waals surface area (Å²) in [4.78, 5) is 33.6. The summed E-state index contributed by atoms with van der Waals surface area (Å²) in [6.07, 6.45) is 2.27. The molecule has 8 heteroatoms. The Morgan fingerprint density at radius 3 is 2.52 bits per heavy atom. The van der Waals surface area contributed by atoms with Gasteiger partial charge in [0.05, 0.1) is 10.9 Å². The zero-order valence-corrected chi connectivity index (χ0v) is 16.8. The number of hydrogen-bond donors (Lipinski definition) is 3. The van der Waals surface area contributed by atoms with E-state index in [0.29, 0.717) is 24.2 Å². The molecule has 0 spiro atoms. The van der Waals surface area contributed by atoms with Gasteiger partial charge >= 0.3 is 0 Å². The molecule has 0 atom stereocenters. The summed E-state index contributed by atoms with van der Waals surface area (Å²) in [5.74, 6) is 0.487. The average molecular weight is 387 g/mol. The molecule has 0 aromatic carbocycles. The Kier molecular flexibility index (Phi) is 7.59. The largest absolute Gasteiger partial charge is 0.349 e. The lowest BCUT2D eigenvalue weighted by Crippen LogP contribution is -2.52. The van der Waals surface area contributed by atoms with Crippen molar-refractivity contribution in [2.24, 2.45) is 5.73 Å². The standard InChI is InChI=1S/C17H26N4O2S.ClH/c1-5-17(6-2,9-18)21-13(22)8-7-12-19-15(23)14-10(3)11(4)24-16(14)20-12;/h5-9,18H2,1-4H3,(H,21,22)(H,19,20,23);1H. The normalized spacial score (nSPS) is 11.4. The molecule has 2 rings (SSSR count). The molecule has 6 nitrogen and oxygen atoms in total. The number of rotatable bonds is 7. The lowest BCUT2D eigenvalue weighted by atomic mass is 9.92. The van der Waals surface area contributed by atoms with Gasteiger partial charge in [0.25, 0.3) is 5.56 Å². The number of aromatic amines is 1. The zero-order valence-electron chi connectivity index (χ0n) is 15.2. The van der Waals surface area contributed by atoms with E-state index >= 15 is 0 Å². The van der Waals surface area contributed by atoms with Crippen molar-refractivity contribution in [3.8, 4) is 0 Å². The third kappa shape index (κ3) is 4.59. The van der Waals surface area contributed by atoms with Gasteiger partial charge < -0.3 is 16.0 Å². The highest BCUT2D eigenvalue weighted by Crippen LogP contribution is 2.25. The first-order valence-electron chi connectivity index (χ1n) is 8.35. The Morgan fingerprint density at radius 1 is 1.32 bits per heavy atom. The number of aromatic nitrogens is 2. The van der Waals surface area contributed by atoms with Crippen LogP contribution >= 0.6 is 23.7 Å². The van der Waals surface area contributed by atoms with Gasteiger partial charge in [-0.3, -0.25) is 9.59 Å². The van der Waals surface area contributed by atoms with E-state index in [1.54, 1.807) is 0 Å². The molecule has 0 fully saturated rings. The Hall–Kier alpha value is -1.44. The molecule has 0 aliphatic heterocycles. The van der Waals surface area contributed by atoms with Crippen LogP contribution in [0, 0.1) is 13.8 Å². The van der Waals surface area contributed by atoms with Gasteiger partial charge in [0.1, 0.15) is 10.7 Å². The molecule has 0 radical (unpaired) electrons. The van der Waals surface area contributed by atoms with E-state index in [2.05, 4.69) is 15.3 Å². The number of nitrogens with zero attached hydrogens (tertiary/aromatic N) is 1. The first kappa shape index (κ1) is 21.6. The van der Waals surface area contributed by atoms with Gasteiger partial charge in [0.2, 0.25) is 5.91 Å². The highest BCUT2D eigenvalue weighted by Gasteiger charge is 2.26. The predicted octanol–water partition coefficient (Wildman–Crippen LogP) is 2.59. The summed E-state index contributed by atoms with van der Waals surface area (Å²) < 4.78 is 0. The van der Waals surface area contributed by atoms with E-state index in [1.807, 2.05) is 27.7 Å². The van der Waals surface area contributed by atoms with Gasteiger partial charge in [0, 0.05) is 24.3 Å². The fourth-order valence-electron chi connectivity index (χ4n) is 2.77. The highest BCUT2D eigenvalue weighted by molar-refractivity contribution is 7.18. The number of hydrogen-bond acceptors (Lipinski definition) is 5. The smallest absolute Gasteiger partial charge is 0.259 e. The number of halogens is 1. The fourth-order valence-corrected chi connectivity index (χ4v) is 3.82. The Balaban J connectivity index is 0.00000312. The Morgan fingerprint density at radius 2 is 1.96 bits per heavy atom. The van der Waals surface area contributed by atoms with Gasteiger partial charge in [0.15, 0.2) is 0 Å². The second-order valence-corrected chi connectivity index (χ2v) is 7.42. The summed E-state index contributed by atoms with van der Waals surface area (Å²) >= 11 is 1.51. The molecule has 0 bridgehead atoms. The monoisotopic (exact) mass is 386 g/mol. The molecular weight excluding hydrogens is 360 g/mol. The van der Waals surface area contributed by atoms with Crippen molar-refractivity contribution in [2.75, 3.05) is 6.54 Å². The molecule has 0 aliphatic rings. The van der Waals surface area contributed by atoms with Crippen molar-refractivity contribution in [3.63, 3.8) is 0 Å². The summed E-state index contributed by atoms with van der Waals surface area (Å²) in [5.41, 5.74) is 6.32. The van der Waals surface area contributed by atoms with Crippen LogP contribution in [0.5, 0.6) is 0 Å². The maximum Gasteiger partial charge on any atom is 0.259 e. The Labute approximate surface area is 158 Å². The van der Waals surface area contributed by atoms with Crippen LogP contribution in [0.2, 0.25) is 0 Å². The van der Waals surface area contributed by atoms with E-state index in [0.717, 1.165) is 28.1 Å². The topological polar surface area (TPSA) is 101 Å². The number of thiophene rings is 1. The second-order valence-electron chi connectivity index (χ2n) is 6.22. The predicted molar refractivity (Wildman–Crippen MR) is 106 cm³/mol. The van der Waals surface area contributed by atoms with E-state index in [-0.39, 0.29) is 35.8 Å². The van der Waals surface area contributed by atoms with Gasteiger partial charge in [-0.25, -0.2) is 4.98 Å². The average Bonchev–Trinajstić information content (AvgIpc) is 2.85. The number of fused-ring (bicyclic) bond motifs is 1. The quantitative estimate of drug-likeness (QED) is 0.680. The van der Waals surface area contributed by atoms with Gasteiger partial charge in [-0.05, 0) is 32.3 Å². The molecule has 25 heavy (non-hydrogen) atoms. The van der Waals surface area contributed by atoms with Crippen LogP contribution < -0.4 is 16.6 Å². The molecule has 2 aromatic rings. The first-order chi connectivity index (χ1) is 11.4. The van der Waals surface area contributed by atoms with Crippen molar-refractivity contribution >= 4 is 39.9 Å². The third-order valence-electron chi connectivity index (χ3n) is 4.83. The minimum atomic E-state index is -0.343. The highest BCUT2D eigenvalue weighted by atomic mass is 35.5. The van der Waals surface area contributed by atoms with Gasteiger partial charge in [-0.1, -0.05) is 13.8 Å². The van der Waals surface area contributed by atoms with E-state index in [4.69, 9.17) is 5.73 Å². The minimum Gasteiger partial charge on any atom is -0.349 e. The van der Waals surface area contributed by atoms with Crippen LogP contribution in [0.1, 0.15) is 49.4 Å². The molecule has 140 valence electrons. The number of amides is 1. The Bertz CT molecular complexity index is 788. The fraction of sp³-hybridized carbons (Fsp3) is 0.588. The molecule has 0 saturated carbocycles. The van der Waals surface area contributed by atoms with Crippen molar-refractivity contribution in [2.45, 2.75) is 58.9 Å². The molecule has 4 N–H and O–H groups in total. The van der Waals surface area contributed by atoms with Crippen LogP contribution in [0.4, 0.5) is 0 Å². The number of nitrogens with one attached hydrogen (secondary N) is 2. The maximum absolute atomic E-state index is 12.2. The van der Waals surface area contributed by atoms with Crippen LogP contribution in [0.25, 0.3) is 10.2 Å². The maximum atomic E-state index is 12.2. The minimum absolute atomic E-state index is 0. The van der Waals surface area contributed by atoms with E-state index < -0.39 is 0 Å². The molecule has 2 heterocycles. The number of carbonyl (C=O) groups is 1. The SMILES string of the molecule is CCC(CC)(CN)NC(=O)CCc1nc2sc(C)c(C)c2c(=O)[nH]1.Cl.